The number of nitrogens with two attached hydrogens (primary N) is 1. The molecular weight excluding hydrogens is 405 g/mol. The fourth-order valence-corrected chi connectivity index (χ4v) is 3.05. The van der Waals surface area contributed by atoms with Crippen LogP contribution in [0.1, 0.15) is 23.0 Å². The third-order valence-electron chi connectivity index (χ3n) is 2.89. The highest BCUT2D eigenvalue weighted by atomic mass is 127. The highest BCUT2D eigenvalue weighted by Crippen LogP contribution is 2.26. The van der Waals surface area contributed by atoms with Gasteiger partial charge in [-0.1, -0.05) is 15.9 Å². The fourth-order valence-electron chi connectivity index (χ4n) is 1.99. The number of hydrogen-bond donors (Lipinski definition) is 1. The Balaban J connectivity index is 2.24. The van der Waals surface area contributed by atoms with Crippen LogP contribution in [-0.4, -0.2) is 9.78 Å². The van der Waals surface area contributed by atoms with Crippen LogP contribution in [0.4, 0.5) is 0 Å². The lowest BCUT2D eigenvalue weighted by Gasteiger charge is -2.14. The Kier molecular flexibility index (Phi) is 4.45. The molecule has 18 heavy (non-hydrogen) atoms. The fraction of sp³-hybridized carbons (Fsp3) is 0.308. The van der Waals surface area contributed by atoms with E-state index >= 15 is 0 Å². The van der Waals surface area contributed by atoms with E-state index < -0.39 is 0 Å². The Morgan fingerprint density at radius 3 is 2.78 bits per heavy atom. The second-order valence-electron chi connectivity index (χ2n) is 4.38. The summed E-state index contributed by atoms with van der Waals surface area (Å²) in [4.78, 5) is 0. The smallest absolute Gasteiger partial charge is 0.0596 e. The third-order valence-corrected chi connectivity index (χ3v) is 4.28. The van der Waals surface area contributed by atoms with Gasteiger partial charge in [0.25, 0.3) is 0 Å². The molecule has 0 aliphatic carbocycles. The van der Waals surface area contributed by atoms with E-state index in [1.54, 1.807) is 0 Å². The summed E-state index contributed by atoms with van der Waals surface area (Å²) < 4.78 is 4.16. The van der Waals surface area contributed by atoms with Crippen molar-refractivity contribution in [3.05, 3.63) is 49.3 Å². The summed E-state index contributed by atoms with van der Waals surface area (Å²) in [5.74, 6) is 0. The first kappa shape index (κ1) is 14.0. The number of nitrogens with zero attached hydrogens (tertiary/aromatic N) is 2. The van der Waals surface area contributed by atoms with Crippen molar-refractivity contribution in [1.82, 2.24) is 9.78 Å². The normalized spacial score (nSPS) is 12.7. The van der Waals surface area contributed by atoms with E-state index in [1.807, 2.05) is 24.7 Å². The Hall–Kier alpha value is -0.400. The Morgan fingerprint density at radius 2 is 2.17 bits per heavy atom. The minimum absolute atomic E-state index is 0.0242. The van der Waals surface area contributed by atoms with Crippen molar-refractivity contribution < 1.29 is 0 Å². The van der Waals surface area contributed by atoms with Gasteiger partial charge in [0.2, 0.25) is 0 Å². The van der Waals surface area contributed by atoms with Crippen LogP contribution in [-0.2, 0) is 13.5 Å². The van der Waals surface area contributed by atoms with Crippen LogP contribution in [0.15, 0.2) is 28.7 Å². The summed E-state index contributed by atoms with van der Waals surface area (Å²) in [6, 6.07) is 8.30. The lowest BCUT2D eigenvalue weighted by Crippen LogP contribution is -2.16. The summed E-state index contributed by atoms with van der Waals surface area (Å²) in [5.41, 5.74) is 9.63. The molecule has 0 saturated carbocycles. The topological polar surface area (TPSA) is 43.8 Å². The maximum Gasteiger partial charge on any atom is 0.0596 e. The Bertz CT molecular complexity index is 565. The van der Waals surface area contributed by atoms with Crippen LogP contribution in [0.3, 0.4) is 0 Å². The zero-order valence-corrected chi connectivity index (χ0v) is 14.1. The highest BCUT2D eigenvalue weighted by molar-refractivity contribution is 14.1. The summed E-state index contributed by atoms with van der Waals surface area (Å²) in [7, 11) is 1.96. The SMILES string of the molecule is Cc1cc(CC(N)c2cc(I)ccc2Br)n(C)n1. The molecule has 0 aliphatic rings. The molecule has 5 heteroatoms. The molecule has 0 saturated heterocycles. The molecule has 2 N–H and O–H groups in total. The minimum atomic E-state index is -0.0242. The highest BCUT2D eigenvalue weighted by Gasteiger charge is 2.13. The lowest BCUT2D eigenvalue weighted by molar-refractivity contribution is 0.638. The van der Waals surface area contributed by atoms with Crippen LogP contribution < -0.4 is 5.73 Å². The molecule has 1 heterocycles. The quantitative estimate of drug-likeness (QED) is 0.775. The van der Waals surface area contributed by atoms with Crippen molar-refractivity contribution in [1.29, 1.82) is 0 Å². The second kappa shape index (κ2) is 5.71. The van der Waals surface area contributed by atoms with Crippen LogP contribution in [0.25, 0.3) is 0 Å². The predicted molar refractivity (Wildman–Crippen MR) is 85.4 cm³/mol. The first-order chi connectivity index (χ1) is 8.47. The van der Waals surface area contributed by atoms with E-state index in [0.717, 1.165) is 27.8 Å². The minimum Gasteiger partial charge on any atom is -0.324 e. The van der Waals surface area contributed by atoms with Gasteiger partial charge in [-0.15, -0.1) is 0 Å². The monoisotopic (exact) mass is 419 g/mol. The van der Waals surface area contributed by atoms with Crippen LogP contribution in [0.2, 0.25) is 0 Å². The number of rotatable bonds is 3. The number of aryl methyl sites for hydroxylation is 2. The lowest BCUT2D eigenvalue weighted by atomic mass is 10.0. The number of hydrogen-bond acceptors (Lipinski definition) is 2. The van der Waals surface area contributed by atoms with Crippen LogP contribution in [0.5, 0.6) is 0 Å². The molecule has 0 spiro atoms. The van der Waals surface area contributed by atoms with Gasteiger partial charge in [0.05, 0.1) is 5.69 Å². The summed E-state index contributed by atoms with van der Waals surface area (Å²) in [6.45, 7) is 2.00. The van der Waals surface area contributed by atoms with Gasteiger partial charge < -0.3 is 5.73 Å². The molecule has 1 aromatic heterocycles. The van der Waals surface area contributed by atoms with Crippen molar-refractivity contribution in [3.8, 4) is 0 Å². The summed E-state index contributed by atoms with van der Waals surface area (Å²) in [5, 5.41) is 4.35. The first-order valence-corrected chi connectivity index (χ1v) is 7.54. The van der Waals surface area contributed by atoms with Crippen LogP contribution >= 0.6 is 38.5 Å². The molecular formula is C13H15BrIN3. The average molecular weight is 420 g/mol. The third kappa shape index (κ3) is 3.13. The summed E-state index contributed by atoms with van der Waals surface area (Å²) in [6.07, 6.45) is 0.788. The molecule has 96 valence electrons. The molecule has 2 aromatic rings. The molecule has 0 bridgehead atoms. The van der Waals surface area contributed by atoms with Gasteiger partial charge in [-0.3, -0.25) is 4.68 Å². The van der Waals surface area contributed by atoms with E-state index in [0.29, 0.717) is 0 Å². The van der Waals surface area contributed by atoms with Crippen molar-refractivity contribution in [2.75, 3.05) is 0 Å². The van der Waals surface area contributed by atoms with Crippen molar-refractivity contribution in [2.45, 2.75) is 19.4 Å². The van der Waals surface area contributed by atoms with Gasteiger partial charge >= 0.3 is 0 Å². The Labute approximate surface area is 129 Å². The molecule has 0 fully saturated rings. The Morgan fingerprint density at radius 1 is 1.44 bits per heavy atom. The number of benzene rings is 1. The number of halogens is 2. The van der Waals surface area contributed by atoms with Gasteiger partial charge in [0, 0.05) is 33.2 Å². The van der Waals surface area contributed by atoms with Crippen molar-refractivity contribution in [2.24, 2.45) is 12.8 Å². The predicted octanol–water partition coefficient (Wildman–Crippen LogP) is 3.34. The van der Waals surface area contributed by atoms with Crippen molar-refractivity contribution >= 4 is 38.5 Å². The van der Waals surface area contributed by atoms with Gasteiger partial charge in [-0.2, -0.15) is 5.10 Å². The zero-order chi connectivity index (χ0) is 13.3. The van der Waals surface area contributed by atoms with Crippen LogP contribution in [0, 0.1) is 10.5 Å². The van der Waals surface area contributed by atoms with E-state index in [-0.39, 0.29) is 6.04 Å². The molecule has 2 rings (SSSR count). The zero-order valence-electron chi connectivity index (χ0n) is 10.3. The molecule has 1 aromatic carbocycles. The molecule has 3 nitrogen and oxygen atoms in total. The number of aromatic nitrogens is 2. The van der Waals surface area contributed by atoms with Gasteiger partial charge in [-0.25, -0.2) is 0 Å². The maximum absolute atomic E-state index is 6.30. The largest absolute Gasteiger partial charge is 0.324 e. The van der Waals surface area contributed by atoms with E-state index in [9.17, 15) is 0 Å². The summed E-state index contributed by atoms with van der Waals surface area (Å²) >= 11 is 5.87. The van der Waals surface area contributed by atoms with Gasteiger partial charge in [0.15, 0.2) is 0 Å². The maximum atomic E-state index is 6.30. The molecule has 1 unspecified atom stereocenters. The molecule has 0 amide bonds. The standard InChI is InChI=1S/C13H15BrIN3/c1-8-5-10(18(2)17-8)7-13(16)11-6-9(15)3-4-12(11)14/h3-6,13H,7,16H2,1-2H3. The molecule has 0 aliphatic heterocycles. The molecule has 1 atom stereocenters. The van der Waals surface area contributed by atoms with E-state index in [4.69, 9.17) is 5.73 Å². The van der Waals surface area contributed by atoms with E-state index in [2.05, 4.69) is 61.8 Å². The average Bonchev–Trinajstić information content (AvgIpc) is 2.61. The first-order valence-electron chi connectivity index (χ1n) is 5.67. The second-order valence-corrected chi connectivity index (χ2v) is 6.48. The molecule has 0 radical (unpaired) electrons. The van der Waals surface area contributed by atoms with Crippen molar-refractivity contribution in [3.63, 3.8) is 0 Å². The van der Waals surface area contributed by atoms with E-state index in [1.165, 1.54) is 3.57 Å². The van der Waals surface area contributed by atoms with Gasteiger partial charge in [-0.05, 0) is 59.3 Å². The van der Waals surface area contributed by atoms with Gasteiger partial charge in [0.1, 0.15) is 0 Å².